The second-order valence-corrected chi connectivity index (χ2v) is 7.52. The molecule has 4 N–H and O–H groups in total. The highest BCUT2D eigenvalue weighted by atomic mass is 35.5. The standard InChI is InChI=1S/C21H23ClF2O7/c1-29-19-14(23)6-10(7-15(19)24)5-11-8-12(3-4-13(11)22)21(30-2)20(28)18(27)17(26)16(9-25)31-21/h3-4,6-8,16-18,20,25-28H,5,9H2,1-2H3/t16-,17-,18+,20-,21+/m1/s1/i1D3. The van der Waals surface area contributed by atoms with E-state index in [1.807, 2.05) is 0 Å². The molecule has 0 unspecified atom stereocenters. The predicted octanol–water partition coefficient (Wildman–Crippen LogP) is 1.49. The number of methoxy groups -OCH3 is 2. The van der Waals surface area contributed by atoms with E-state index in [2.05, 4.69) is 4.74 Å². The molecule has 1 aliphatic rings. The molecule has 170 valence electrons. The third kappa shape index (κ3) is 4.27. The molecule has 0 radical (unpaired) electrons. The minimum atomic E-state index is -3.04. The van der Waals surface area contributed by atoms with Gasteiger partial charge in [-0.15, -0.1) is 0 Å². The average molecular weight is 464 g/mol. The van der Waals surface area contributed by atoms with Crippen LogP contribution in [0.25, 0.3) is 0 Å². The number of hydrogen-bond donors (Lipinski definition) is 4. The summed E-state index contributed by atoms with van der Waals surface area (Å²) in [6.07, 6.45) is -6.49. The summed E-state index contributed by atoms with van der Waals surface area (Å²) in [7, 11) is -1.86. The number of rotatable bonds is 6. The van der Waals surface area contributed by atoms with Crippen molar-refractivity contribution in [2.45, 2.75) is 36.6 Å². The third-order valence-corrected chi connectivity index (χ3v) is 5.62. The van der Waals surface area contributed by atoms with Crippen molar-refractivity contribution >= 4 is 11.6 Å². The van der Waals surface area contributed by atoms with Crippen LogP contribution in [0.2, 0.25) is 5.02 Å². The first-order valence-electron chi connectivity index (χ1n) is 10.7. The largest absolute Gasteiger partial charge is 0.491 e. The van der Waals surface area contributed by atoms with Crippen LogP contribution in [-0.2, 0) is 21.7 Å². The predicted molar refractivity (Wildman–Crippen MR) is 106 cm³/mol. The topological polar surface area (TPSA) is 109 Å². The average Bonchev–Trinajstić information content (AvgIpc) is 2.76. The van der Waals surface area contributed by atoms with Crippen LogP contribution in [0.5, 0.6) is 5.75 Å². The number of hydrogen-bond acceptors (Lipinski definition) is 7. The van der Waals surface area contributed by atoms with E-state index in [-0.39, 0.29) is 22.6 Å². The van der Waals surface area contributed by atoms with Crippen LogP contribution in [0.1, 0.15) is 20.8 Å². The minimum absolute atomic E-state index is 0.0900. The van der Waals surface area contributed by atoms with Crippen molar-refractivity contribution in [1.29, 1.82) is 0 Å². The molecule has 0 aliphatic carbocycles. The Balaban J connectivity index is 1.98. The summed E-state index contributed by atoms with van der Waals surface area (Å²) in [4.78, 5) is 0. The van der Waals surface area contributed by atoms with Crippen molar-refractivity contribution < 1.29 is 47.5 Å². The Morgan fingerprint density at radius 2 is 1.84 bits per heavy atom. The van der Waals surface area contributed by atoms with Crippen molar-refractivity contribution in [3.63, 3.8) is 0 Å². The Kier molecular flexibility index (Phi) is 5.96. The lowest BCUT2D eigenvalue weighted by Crippen LogP contribution is -2.64. The molecule has 5 atom stereocenters. The zero-order valence-corrected chi connectivity index (χ0v) is 17.0. The van der Waals surface area contributed by atoms with Gasteiger partial charge in [-0.1, -0.05) is 17.7 Å². The van der Waals surface area contributed by atoms with E-state index < -0.39 is 61.2 Å². The smallest absolute Gasteiger partial charge is 0.224 e. The van der Waals surface area contributed by atoms with Gasteiger partial charge in [-0.05, 0) is 41.8 Å². The lowest BCUT2D eigenvalue weighted by atomic mass is 9.87. The van der Waals surface area contributed by atoms with E-state index in [1.54, 1.807) is 0 Å². The van der Waals surface area contributed by atoms with Crippen molar-refractivity contribution in [3.8, 4) is 5.75 Å². The van der Waals surface area contributed by atoms with E-state index >= 15 is 0 Å². The quantitative estimate of drug-likeness (QED) is 0.514. The molecule has 2 aromatic carbocycles. The normalized spacial score (nSPS) is 30.4. The molecule has 0 aromatic heterocycles. The van der Waals surface area contributed by atoms with Crippen LogP contribution in [-0.4, -0.2) is 65.6 Å². The zero-order valence-electron chi connectivity index (χ0n) is 19.3. The Morgan fingerprint density at radius 3 is 2.42 bits per heavy atom. The fraction of sp³-hybridized carbons (Fsp3) is 0.429. The molecule has 1 heterocycles. The zero-order chi connectivity index (χ0) is 25.4. The molecule has 0 bridgehead atoms. The minimum Gasteiger partial charge on any atom is -0.491 e. The fourth-order valence-electron chi connectivity index (χ4n) is 3.63. The van der Waals surface area contributed by atoms with Crippen LogP contribution in [0.15, 0.2) is 30.3 Å². The van der Waals surface area contributed by atoms with Gasteiger partial charge in [0.1, 0.15) is 24.4 Å². The van der Waals surface area contributed by atoms with E-state index in [9.17, 15) is 29.2 Å². The van der Waals surface area contributed by atoms with Gasteiger partial charge in [-0.3, -0.25) is 0 Å². The number of aliphatic hydroxyl groups is 4. The van der Waals surface area contributed by atoms with Crippen LogP contribution in [0, 0.1) is 11.6 Å². The van der Waals surface area contributed by atoms with Crippen molar-refractivity contribution in [1.82, 2.24) is 0 Å². The Labute approximate surface area is 186 Å². The van der Waals surface area contributed by atoms with E-state index in [4.69, 9.17) is 25.2 Å². The molecule has 3 rings (SSSR count). The monoisotopic (exact) mass is 463 g/mol. The highest BCUT2D eigenvalue weighted by Gasteiger charge is 2.55. The maximum absolute atomic E-state index is 14.3. The van der Waals surface area contributed by atoms with Crippen molar-refractivity contribution in [2.75, 3.05) is 20.8 Å². The molecular weight excluding hydrogens is 438 g/mol. The lowest BCUT2D eigenvalue weighted by Gasteiger charge is -2.47. The highest BCUT2D eigenvalue weighted by molar-refractivity contribution is 6.31. The highest BCUT2D eigenvalue weighted by Crippen LogP contribution is 2.40. The first kappa shape index (κ1) is 19.8. The maximum Gasteiger partial charge on any atom is 0.224 e. The second kappa shape index (κ2) is 9.33. The van der Waals surface area contributed by atoms with Gasteiger partial charge in [0.2, 0.25) is 5.79 Å². The number of aliphatic hydroxyl groups excluding tert-OH is 4. The molecule has 7 nitrogen and oxygen atoms in total. The molecule has 31 heavy (non-hydrogen) atoms. The third-order valence-electron chi connectivity index (χ3n) is 5.26. The summed E-state index contributed by atoms with van der Waals surface area (Å²) in [5, 5.41) is 40.6. The van der Waals surface area contributed by atoms with Gasteiger partial charge < -0.3 is 34.6 Å². The van der Waals surface area contributed by atoms with E-state index in [0.717, 1.165) is 12.1 Å². The molecule has 2 aromatic rings. The Morgan fingerprint density at radius 1 is 1.16 bits per heavy atom. The fourth-order valence-corrected chi connectivity index (χ4v) is 3.81. The molecule has 1 saturated heterocycles. The van der Waals surface area contributed by atoms with Gasteiger partial charge in [0.15, 0.2) is 17.4 Å². The number of halogens is 3. The van der Waals surface area contributed by atoms with Gasteiger partial charge in [0.25, 0.3) is 0 Å². The van der Waals surface area contributed by atoms with Crippen molar-refractivity contribution in [3.05, 3.63) is 63.7 Å². The van der Waals surface area contributed by atoms with Gasteiger partial charge in [0.05, 0.1) is 17.8 Å². The van der Waals surface area contributed by atoms with E-state index in [1.165, 1.54) is 25.3 Å². The lowest BCUT2D eigenvalue weighted by molar-refractivity contribution is -0.366. The van der Waals surface area contributed by atoms with Crippen LogP contribution >= 0.6 is 11.6 Å². The molecule has 0 saturated carbocycles. The first-order chi connectivity index (χ1) is 15.8. The van der Waals surface area contributed by atoms with Gasteiger partial charge in [-0.25, -0.2) is 8.78 Å². The summed E-state index contributed by atoms with van der Waals surface area (Å²) < 4.78 is 65.1. The van der Waals surface area contributed by atoms with Crippen LogP contribution in [0.4, 0.5) is 8.78 Å². The summed E-state index contributed by atoms with van der Waals surface area (Å²) >= 11 is 6.26. The number of benzene rings is 2. The maximum atomic E-state index is 14.3. The number of ether oxygens (including phenoxy) is 3. The van der Waals surface area contributed by atoms with Crippen molar-refractivity contribution in [2.24, 2.45) is 0 Å². The van der Waals surface area contributed by atoms with Gasteiger partial charge in [-0.2, -0.15) is 0 Å². The molecular formula is C21H23ClF2O7. The van der Waals surface area contributed by atoms with Crippen LogP contribution in [0.3, 0.4) is 0 Å². The Hall–Kier alpha value is -1.85. The molecule has 0 amide bonds. The summed E-state index contributed by atoms with van der Waals surface area (Å²) in [6, 6.07) is 6.04. The molecule has 1 aliphatic heterocycles. The Bertz CT molecular complexity index is 1020. The SMILES string of the molecule is [2H]C([2H])([2H])Oc1c(F)cc(Cc2cc([C@]3(OC)O[C@H](CO)[C@@H](O)[C@H](O)[C@H]3O)ccc2Cl)cc1F. The van der Waals surface area contributed by atoms with Gasteiger partial charge in [0, 0.05) is 17.7 Å². The summed E-state index contributed by atoms with van der Waals surface area (Å²) in [6.45, 7) is -0.681. The van der Waals surface area contributed by atoms with Crippen LogP contribution < -0.4 is 4.74 Å². The summed E-state index contributed by atoms with van der Waals surface area (Å²) in [5.41, 5.74) is 0.553. The molecule has 0 spiro atoms. The summed E-state index contributed by atoms with van der Waals surface area (Å²) in [5.74, 6) is -5.48. The van der Waals surface area contributed by atoms with E-state index in [0.29, 0.717) is 5.56 Å². The first-order valence-corrected chi connectivity index (χ1v) is 9.54. The molecule has 10 heteroatoms. The van der Waals surface area contributed by atoms with Gasteiger partial charge >= 0.3 is 0 Å². The molecule has 1 fully saturated rings. The second-order valence-electron chi connectivity index (χ2n) is 7.11.